The molecule has 8 heteroatoms. The zero-order valence-corrected chi connectivity index (χ0v) is 21.6. The lowest BCUT2D eigenvalue weighted by Gasteiger charge is -2.30. The summed E-state index contributed by atoms with van der Waals surface area (Å²) in [6.45, 7) is 2.86. The van der Waals surface area contributed by atoms with E-state index in [9.17, 15) is 4.79 Å². The lowest BCUT2D eigenvalue weighted by Crippen LogP contribution is -2.34. The van der Waals surface area contributed by atoms with E-state index in [2.05, 4.69) is 41.5 Å². The third-order valence-corrected chi connectivity index (χ3v) is 7.99. The minimum absolute atomic E-state index is 0.00868. The van der Waals surface area contributed by atoms with Gasteiger partial charge in [-0.1, -0.05) is 6.92 Å². The molecule has 1 amide bonds. The van der Waals surface area contributed by atoms with Gasteiger partial charge in [0.05, 0.1) is 11.3 Å². The molecule has 0 aliphatic heterocycles. The van der Waals surface area contributed by atoms with Gasteiger partial charge in [-0.3, -0.25) is 4.79 Å². The van der Waals surface area contributed by atoms with E-state index in [1.54, 1.807) is 18.0 Å². The number of rotatable bonds is 9. The normalized spacial score (nSPS) is 19.9. The molecule has 0 spiro atoms. The molecule has 1 saturated carbocycles. The molecule has 184 valence electrons. The second-order valence-electron chi connectivity index (χ2n) is 9.67. The lowest BCUT2D eigenvalue weighted by molar-refractivity contribution is 0.0939. The second-order valence-corrected chi connectivity index (χ2v) is 10.8. The van der Waals surface area contributed by atoms with E-state index in [0.29, 0.717) is 17.5 Å². The van der Waals surface area contributed by atoms with Gasteiger partial charge in [0, 0.05) is 38.4 Å². The van der Waals surface area contributed by atoms with Crippen LogP contribution in [0.2, 0.25) is 0 Å². The first kappa shape index (κ1) is 24.8. The van der Waals surface area contributed by atoms with Gasteiger partial charge in [-0.2, -0.15) is 4.98 Å². The molecule has 2 N–H and O–H groups in total. The molecule has 0 aromatic carbocycles. The topological polar surface area (TPSA) is 83.0 Å². The predicted octanol–water partition coefficient (Wildman–Crippen LogP) is 4.72. The molecule has 7 nitrogen and oxygen atoms in total. The van der Waals surface area contributed by atoms with Gasteiger partial charge in [-0.25, -0.2) is 9.97 Å². The highest BCUT2D eigenvalue weighted by atomic mass is 32.2. The zero-order chi connectivity index (χ0) is 23.9. The number of carbonyl (C=O) groups excluding carboxylic acids is 1. The van der Waals surface area contributed by atoms with Crippen molar-refractivity contribution in [2.75, 3.05) is 36.6 Å². The van der Waals surface area contributed by atoms with Crippen LogP contribution in [0.3, 0.4) is 0 Å². The van der Waals surface area contributed by atoms with E-state index < -0.39 is 0 Å². The molecule has 0 atom stereocenters. The third-order valence-electron chi connectivity index (χ3n) is 6.77. The third kappa shape index (κ3) is 6.20. The Hall–Kier alpha value is -2.35. The summed E-state index contributed by atoms with van der Waals surface area (Å²) in [7, 11) is 4.13. The molecule has 2 heterocycles. The number of aryl methyl sites for hydroxylation is 1. The van der Waals surface area contributed by atoms with Crippen LogP contribution in [-0.2, 0) is 12.8 Å². The minimum Gasteiger partial charge on any atom is -0.362 e. The van der Waals surface area contributed by atoms with E-state index in [1.165, 1.54) is 24.1 Å². The molecule has 0 radical (unpaired) electrons. The van der Waals surface area contributed by atoms with Crippen LogP contribution < -0.4 is 15.5 Å². The second kappa shape index (κ2) is 11.9. The first-order valence-corrected chi connectivity index (χ1v) is 13.7. The molecule has 2 aliphatic carbocycles. The fourth-order valence-corrected chi connectivity index (χ4v) is 5.76. The van der Waals surface area contributed by atoms with Crippen molar-refractivity contribution in [2.45, 2.75) is 75.8 Å². The van der Waals surface area contributed by atoms with Crippen molar-refractivity contribution in [2.24, 2.45) is 5.92 Å². The fourth-order valence-electron chi connectivity index (χ4n) is 4.91. The number of nitrogens with one attached hydrogen (secondary N) is 2. The number of nitrogens with zero attached hydrogens (tertiary/aromatic N) is 4. The van der Waals surface area contributed by atoms with Crippen molar-refractivity contribution in [1.82, 2.24) is 20.3 Å². The van der Waals surface area contributed by atoms with E-state index >= 15 is 0 Å². The van der Waals surface area contributed by atoms with Crippen LogP contribution in [0.5, 0.6) is 0 Å². The Balaban J connectivity index is 1.28. The molecular formula is C26H38N6OS. The molecule has 4 rings (SSSR count). The minimum atomic E-state index is -0.00868. The summed E-state index contributed by atoms with van der Waals surface area (Å²) in [5, 5.41) is 7.61. The number of fused-ring (bicyclic) bond motifs is 1. The van der Waals surface area contributed by atoms with Gasteiger partial charge in [-0.05, 0) is 81.6 Å². The van der Waals surface area contributed by atoms with Crippen LogP contribution in [0.4, 0.5) is 11.8 Å². The van der Waals surface area contributed by atoms with Crippen molar-refractivity contribution in [1.29, 1.82) is 0 Å². The first-order chi connectivity index (χ1) is 16.5. The van der Waals surface area contributed by atoms with E-state index in [4.69, 9.17) is 9.97 Å². The van der Waals surface area contributed by atoms with E-state index in [0.717, 1.165) is 74.0 Å². The molecule has 0 bridgehead atoms. The van der Waals surface area contributed by atoms with Crippen LogP contribution in [0.25, 0.3) is 0 Å². The number of aromatic nitrogens is 3. The largest absolute Gasteiger partial charge is 0.362 e. The Morgan fingerprint density at radius 2 is 1.94 bits per heavy atom. The summed E-state index contributed by atoms with van der Waals surface area (Å²) in [5.74, 6) is 3.31. The van der Waals surface area contributed by atoms with Crippen LogP contribution in [0, 0.1) is 5.92 Å². The molecular weight excluding hydrogens is 444 g/mol. The maximum absolute atomic E-state index is 12.8. The number of hydrogen-bond donors (Lipinski definition) is 2. The summed E-state index contributed by atoms with van der Waals surface area (Å²) in [5.41, 5.74) is 3.24. The van der Waals surface area contributed by atoms with Gasteiger partial charge in [0.15, 0.2) is 0 Å². The van der Waals surface area contributed by atoms with E-state index in [1.807, 2.05) is 12.1 Å². The Morgan fingerprint density at radius 1 is 1.15 bits per heavy atom. The fraction of sp³-hybridized carbons (Fsp3) is 0.615. The number of pyridine rings is 1. The molecule has 2 aromatic rings. The average Bonchev–Trinajstić information content (AvgIpc) is 2.86. The van der Waals surface area contributed by atoms with Gasteiger partial charge in [0.1, 0.15) is 10.8 Å². The Kier molecular flexibility index (Phi) is 8.64. The van der Waals surface area contributed by atoms with Gasteiger partial charge < -0.3 is 15.5 Å². The maximum Gasteiger partial charge on any atom is 0.254 e. The van der Waals surface area contributed by atoms with Crippen molar-refractivity contribution in [3.8, 4) is 0 Å². The quantitative estimate of drug-likeness (QED) is 0.500. The lowest BCUT2D eigenvalue weighted by atomic mass is 9.86. The van der Waals surface area contributed by atoms with Crippen LogP contribution in [-0.4, -0.2) is 53.3 Å². The summed E-state index contributed by atoms with van der Waals surface area (Å²) in [6.07, 6.45) is 11.7. The number of thioether (sulfide) groups is 1. The molecule has 2 aromatic heterocycles. The van der Waals surface area contributed by atoms with E-state index in [-0.39, 0.29) is 5.91 Å². The van der Waals surface area contributed by atoms with Crippen LogP contribution >= 0.6 is 11.8 Å². The first-order valence-electron chi connectivity index (χ1n) is 12.7. The number of amides is 1. The highest BCUT2D eigenvalue weighted by molar-refractivity contribution is 7.99. The number of anilines is 2. The number of carbonyl (C=O) groups is 1. The molecule has 0 saturated heterocycles. The molecule has 1 fully saturated rings. The standard InChI is InChI=1S/C26H38N6OS/c1-4-16-34-25-21(9-7-15-27-25)24(33)28-17-18-11-13-19(14-12-18)29-26-30-22-10-6-5-8-20(22)23(31-26)32(2)3/h7,9,15,18-19H,4-6,8,10-14,16-17H2,1-3H3,(H,28,33)(H,29,30,31)/t18-,19+. The van der Waals surface area contributed by atoms with Crippen LogP contribution in [0.1, 0.15) is 73.5 Å². The average molecular weight is 483 g/mol. The monoisotopic (exact) mass is 482 g/mol. The summed E-state index contributed by atoms with van der Waals surface area (Å²) in [6, 6.07) is 4.10. The Bertz CT molecular complexity index is 974. The summed E-state index contributed by atoms with van der Waals surface area (Å²) in [4.78, 5) is 29.0. The van der Waals surface area contributed by atoms with Crippen LogP contribution in [0.15, 0.2) is 23.4 Å². The predicted molar refractivity (Wildman–Crippen MR) is 140 cm³/mol. The van der Waals surface area contributed by atoms with Crippen molar-refractivity contribution in [3.05, 3.63) is 35.2 Å². The Labute approximate surface area is 207 Å². The molecule has 0 unspecified atom stereocenters. The SMILES string of the molecule is CCCSc1ncccc1C(=O)NC[C@H]1CC[C@@H](Nc2nc3c(c(N(C)C)n2)CCCC3)CC1. The number of hydrogen-bond acceptors (Lipinski definition) is 7. The highest BCUT2D eigenvalue weighted by Crippen LogP contribution is 2.30. The van der Waals surface area contributed by atoms with Gasteiger partial charge >= 0.3 is 0 Å². The Morgan fingerprint density at radius 3 is 2.71 bits per heavy atom. The van der Waals surface area contributed by atoms with Gasteiger partial charge in [-0.15, -0.1) is 11.8 Å². The molecule has 34 heavy (non-hydrogen) atoms. The summed E-state index contributed by atoms with van der Waals surface area (Å²) >= 11 is 1.65. The zero-order valence-electron chi connectivity index (χ0n) is 20.8. The highest BCUT2D eigenvalue weighted by Gasteiger charge is 2.24. The smallest absolute Gasteiger partial charge is 0.254 e. The maximum atomic E-state index is 12.8. The van der Waals surface area contributed by atoms with Crippen molar-refractivity contribution >= 4 is 29.4 Å². The summed E-state index contributed by atoms with van der Waals surface area (Å²) < 4.78 is 0. The van der Waals surface area contributed by atoms with Crippen molar-refractivity contribution < 1.29 is 4.79 Å². The molecule has 2 aliphatic rings. The van der Waals surface area contributed by atoms with Gasteiger partial charge in [0.25, 0.3) is 5.91 Å². The van der Waals surface area contributed by atoms with Crippen molar-refractivity contribution in [3.63, 3.8) is 0 Å². The van der Waals surface area contributed by atoms with Gasteiger partial charge in [0.2, 0.25) is 5.95 Å².